The van der Waals surface area contributed by atoms with Crippen molar-refractivity contribution in [3.8, 4) is 11.5 Å². The monoisotopic (exact) mass is 264 g/mol. The van der Waals surface area contributed by atoms with Gasteiger partial charge in [0.05, 0.1) is 0 Å². The van der Waals surface area contributed by atoms with Crippen molar-refractivity contribution >= 4 is 12.6 Å². The summed E-state index contributed by atoms with van der Waals surface area (Å²) >= 11 is 4.08. The van der Waals surface area contributed by atoms with Gasteiger partial charge in [0.15, 0.2) is 17.3 Å². The highest BCUT2D eigenvalue weighted by Gasteiger charge is 2.13. The Hall–Kier alpha value is -1.89. The molecule has 0 saturated heterocycles. The minimum absolute atomic E-state index is 0.291. The zero-order valence-electron chi connectivity index (χ0n) is 9.54. The highest BCUT2D eigenvalue weighted by Crippen LogP contribution is 2.32. The van der Waals surface area contributed by atoms with Crippen molar-refractivity contribution in [3.63, 3.8) is 0 Å². The van der Waals surface area contributed by atoms with Crippen molar-refractivity contribution in [3.05, 3.63) is 29.6 Å². The van der Waals surface area contributed by atoms with Gasteiger partial charge in [-0.3, -0.25) is 0 Å². The van der Waals surface area contributed by atoms with Crippen molar-refractivity contribution in [1.82, 2.24) is 14.9 Å². The summed E-state index contributed by atoms with van der Waals surface area (Å²) in [4.78, 5) is 0. The van der Waals surface area contributed by atoms with Crippen LogP contribution in [0, 0.1) is 0 Å². The molecule has 6 nitrogen and oxygen atoms in total. The molecule has 0 saturated carbocycles. The number of rotatable bonds is 3. The molecule has 0 aliphatic carbocycles. The lowest BCUT2D eigenvalue weighted by molar-refractivity contribution is 0.174. The van der Waals surface area contributed by atoms with E-state index in [1.807, 2.05) is 18.2 Å². The lowest BCUT2D eigenvalue weighted by Gasteiger charge is -2.03. The van der Waals surface area contributed by atoms with Gasteiger partial charge in [0.25, 0.3) is 0 Å². The Morgan fingerprint density at radius 1 is 1.22 bits per heavy atom. The van der Waals surface area contributed by atoms with Crippen molar-refractivity contribution in [1.29, 1.82) is 0 Å². The van der Waals surface area contributed by atoms with Crippen LogP contribution in [0.2, 0.25) is 0 Å². The van der Waals surface area contributed by atoms with Crippen LogP contribution in [-0.4, -0.2) is 21.7 Å². The lowest BCUT2D eigenvalue weighted by atomic mass is 10.1. The van der Waals surface area contributed by atoms with E-state index in [1.165, 1.54) is 4.68 Å². The van der Waals surface area contributed by atoms with Crippen LogP contribution in [0.15, 0.2) is 23.4 Å². The summed E-state index contributed by atoms with van der Waals surface area (Å²) in [7, 11) is 0. The first-order valence-corrected chi connectivity index (χ1v) is 5.95. The molecule has 2 heterocycles. The summed E-state index contributed by atoms with van der Waals surface area (Å²) in [6.07, 6.45) is 1.50. The number of nitrogens with two attached hydrogens (primary N) is 1. The average molecular weight is 264 g/mol. The number of hydrogen-bond acceptors (Lipinski definition) is 6. The van der Waals surface area contributed by atoms with Crippen LogP contribution in [-0.2, 0) is 12.8 Å². The molecule has 2 N–H and O–H groups in total. The molecule has 2 aromatic rings. The summed E-state index contributed by atoms with van der Waals surface area (Å²) in [5.41, 5.74) is 1.14. The maximum absolute atomic E-state index is 5.73. The topological polar surface area (TPSA) is 75.2 Å². The third-order valence-electron chi connectivity index (χ3n) is 2.82. The molecule has 0 bridgehead atoms. The van der Waals surface area contributed by atoms with Crippen LogP contribution in [0.3, 0.4) is 0 Å². The van der Waals surface area contributed by atoms with E-state index in [0.29, 0.717) is 24.2 Å². The van der Waals surface area contributed by atoms with Crippen molar-refractivity contribution in [2.45, 2.75) is 18.0 Å². The number of aryl methyl sites for hydroxylation is 2. The Morgan fingerprint density at radius 2 is 2.06 bits per heavy atom. The summed E-state index contributed by atoms with van der Waals surface area (Å²) < 4.78 is 12.0. The molecule has 3 rings (SSSR count). The number of thiol groups is 1. The van der Waals surface area contributed by atoms with E-state index >= 15 is 0 Å². The summed E-state index contributed by atoms with van der Waals surface area (Å²) in [6, 6.07) is 5.89. The van der Waals surface area contributed by atoms with Gasteiger partial charge in [0.1, 0.15) is 0 Å². The third-order valence-corrected chi connectivity index (χ3v) is 3.13. The van der Waals surface area contributed by atoms with Crippen molar-refractivity contribution < 1.29 is 9.47 Å². The maximum Gasteiger partial charge on any atom is 0.231 e. The quantitative estimate of drug-likeness (QED) is 0.633. The Kier molecular flexibility index (Phi) is 2.75. The molecule has 0 amide bonds. The van der Waals surface area contributed by atoms with Gasteiger partial charge in [-0.25, -0.2) is 4.68 Å². The average Bonchev–Trinajstić information content (AvgIpc) is 2.96. The minimum Gasteiger partial charge on any atom is -0.454 e. The molecule has 0 atom stereocenters. The molecule has 94 valence electrons. The molecule has 1 aromatic heterocycles. The van der Waals surface area contributed by atoms with E-state index in [1.54, 1.807) is 0 Å². The van der Waals surface area contributed by atoms with Gasteiger partial charge < -0.3 is 15.3 Å². The fourth-order valence-electron chi connectivity index (χ4n) is 1.84. The highest BCUT2D eigenvalue weighted by atomic mass is 32.1. The second kappa shape index (κ2) is 4.41. The number of hydrogen-bond donors (Lipinski definition) is 2. The SMILES string of the molecule is Nn1c(S)nnc1CCc1ccc2c(c1)OCO2. The van der Waals surface area contributed by atoms with Gasteiger partial charge in [-0.1, -0.05) is 6.07 Å². The van der Waals surface area contributed by atoms with Gasteiger partial charge in [-0.05, 0) is 24.1 Å². The molecular weight excluding hydrogens is 252 g/mol. The predicted molar refractivity (Wildman–Crippen MR) is 67.4 cm³/mol. The Bertz CT molecular complexity index is 584. The van der Waals surface area contributed by atoms with E-state index in [0.717, 1.165) is 23.5 Å². The number of nitrogen functional groups attached to an aromatic ring is 1. The molecule has 1 aliphatic heterocycles. The van der Waals surface area contributed by atoms with Gasteiger partial charge >= 0.3 is 0 Å². The second-order valence-electron chi connectivity index (χ2n) is 3.97. The van der Waals surface area contributed by atoms with Crippen molar-refractivity contribution in [2.24, 2.45) is 0 Å². The van der Waals surface area contributed by atoms with Gasteiger partial charge in [-0.15, -0.1) is 22.8 Å². The number of fused-ring (bicyclic) bond motifs is 1. The first-order chi connectivity index (χ1) is 8.74. The smallest absolute Gasteiger partial charge is 0.231 e. The molecule has 18 heavy (non-hydrogen) atoms. The first kappa shape index (κ1) is 11.2. The van der Waals surface area contributed by atoms with Gasteiger partial charge in [-0.2, -0.15) is 0 Å². The normalized spacial score (nSPS) is 12.9. The van der Waals surface area contributed by atoms with Crippen LogP contribution in [0.25, 0.3) is 0 Å². The molecule has 1 aromatic carbocycles. The molecule has 7 heteroatoms. The summed E-state index contributed by atoms with van der Waals surface area (Å²) in [5, 5.41) is 8.16. The zero-order chi connectivity index (χ0) is 12.5. The Balaban J connectivity index is 1.72. The van der Waals surface area contributed by atoms with E-state index in [4.69, 9.17) is 15.3 Å². The van der Waals surface area contributed by atoms with Gasteiger partial charge in [0.2, 0.25) is 11.9 Å². The number of benzene rings is 1. The first-order valence-electron chi connectivity index (χ1n) is 5.51. The second-order valence-corrected chi connectivity index (χ2v) is 4.37. The lowest BCUT2D eigenvalue weighted by Crippen LogP contribution is -2.13. The van der Waals surface area contributed by atoms with E-state index in [-0.39, 0.29) is 0 Å². The van der Waals surface area contributed by atoms with Crippen LogP contribution in [0.1, 0.15) is 11.4 Å². The number of ether oxygens (including phenoxy) is 2. The fourth-order valence-corrected chi connectivity index (χ4v) is 2.00. The minimum atomic E-state index is 0.291. The van der Waals surface area contributed by atoms with Crippen LogP contribution < -0.4 is 15.3 Å². The number of aromatic nitrogens is 3. The highest BCUT2D eigenvalue weighted by molar-refractivity contribution is 7.80. The molecule has 0 spiro atoms. The molecule has 1 aliphatic rings. The Morgan fingerprint density at radius 3 is 2.83 bits per heavy atom. The zero-order valence-corrected chi connectivity index (χ0v) is 10.4. The van der Waals surface area contributed by atoms with Crippen molar-refractivity contribution in [2.75, 3.05) is 12.6 Å². The van der Waals surface area contributed by atoms with E-state index in [2.05, 4.69) is 22.8 Å². The summed E-state index contributed by atoms with van der Waals surface area (Å²) in [5.74, 6) is 8.01. The maximum atomic E-state index is 5.73. The third kappa shape index (κ3) is 1.97. The molecule has 0 unspecified atom stereocenters. The predicted octanol–water partition coefficient (Wildman–Crippen LogP) is 0.794. The summed E-state index contributed by atoms with van der Waals surface area (Å²) in [6.45, 7) is 0.291. The van der Waals surface area contributed by atoms with Gasteiger partial charge in [0, 0.05) is 6.42 Å². The fraction of sp³-hybridized carbons (Fsp3) is 0.273. The standard InChI is InChI=1S/C11H12N4O2S/c12-15-10(13-14-11(15)18)4-2-7-1-3-8-9(5-7)17-6-16-8/h1,3,5H,2,4,6,12H2,(H,14,18). The van der Waals surface area contributed by atoms with Crippen LogP contribution in [0.5, 0.6) is 11.5 Å². The van der Waals surface area contributed by atoms with E-state index in [9.17, 15) is 0 Å². The Labute approximate surface area is 109 Å². The molecular formula is C11H12N4O2S. The molecule has 0 fully saturated rings. The number of nitrogens with zero attached hydrogens (tertiary/aromatic N) is 3. The largest absolute Gasteiger partial charge is 0.454 e. The van der Waals surface area contributed by atoms with E-state index < -0.39 is 0 Å². The van der Waals surface area contributed by atoms with Crippen LogP contribution >= 0.6 is 12.6 Å². The molecule has 0 radical (unpaired) electrons. The van der Waals surface area contributed by atoms with Crippen LogP contribution in [0.4, 0.5) is 0 Å².